The van der Waals surface area contributed by atoms with Crippen LogP contribution in [0.1, 0.15) is 0 Å². The lowest BCUT2D eigenvalue weighted by Gasteiger charge is -1.93. The van der Waals surface area contributed by atoms with Crippen molar-refractivity contribution in [1.29, 1.82) is 0 Å². The zero-order valence-corrected chi connectivity index (χ0v) is 15.8. The van der Waals surface area contributed by atoms with Crippen molar-refractivity contribution in [2.75, 3.05) is 69.0 Å². The maximum atomic E-state index is 2.10. The second kappa shape index (κ2) is 15.5. The fourth-order valence-electron chi connectivity index (χ4n) is 1.32. The van der Waals surface area contributed by atoms with Crippen LogP contribution in [0.3, 0.4) is 0 Å². The van der Waals surface area contributed by atoms with Gasteiger partial charge in [-0.3, -0.25) is 0 Å². The summed E-state index contributed by atoms with van der Waals surface area (Å²) >= 11 is 12.6. The highest BCUT2D eigenvalue weighted by Crippen LogP contribution is 2.15. The molecule has 0 spiro atoms. The summed E-state index contributed by atoms with van der Waals surface area (Å²) in [4.78, 5) is 0. The molecule has 108 valence electrons. The van der Waals surface area contributed by atoms with Crippen molar-refractivity contribution in [2.24, 2.45) is 0 Å². The number of thioether (sulfide) groups is 6. The Labute approximate surface area is 138 Å². The maximum absolute atomic E-state index is 2.10. The Bertz CT molecular complexity index is 91.6. The standard InChI is InChI=1S/2C6H12S3/c2*1-2-8-5-6-9-4-3-7-1/h2*1-6H2. The number of rotatable bonds is 0. The van der Waals surface area contributed by atoms with E-state index in [-0.39, 0.29) is 0 Å². The lowest BCUT2D eigenvalue weighted by Crippen LogP contribution is -1.85. The maximum Gasteiger partial charge on any atom is 0.00238 e. The largest absolute Gasteiger partial charge is 0.160 e. The van der Waals surface area contributed by atoms with Crippen LogP contribution in [0.2, 0.25) is 0 Å². The van der Waals surface area contributed by atoms with Crippen LogP contribution in [0.5, 0.6) is 0 Å². The van der Waals surface area contributed by atoms with E-state index in [1.807, 2.05) is 0 Å². The Hall–Kier alpha value is 2.10. The Morgan fingerprint density at radius 1 is 0.222 bits per heavy atom. The molecule has 2 heterocycles. The molecule has 2 aliphatic heterocycles. The van der Waals surface area contributed by atoms with Gasteiger partial charge in [0, 0.05) is 69.0 Å². The third-order valence-corrected chi connectivity index (χ3v) is 9.70. The highest BCUT2D eigenvalue weighted by atomic mass is 32.2. The normalized spacial score (nSPS) is 24.0. The van der Waals surface area contributed by atoms with E-state index in [1.165, 1.54) is 69.0 Å². The van der Waals surface area contributed by atoms with E-state index < -0.39 is 0 Å². The second-order valence-electron chi connectivity index (χ2n) is 3.67. The lowest BCUT2D eigenvalue weighted by atomic mass is 10.9. The third kappa shape index (κ3) is 13.1. The molecule has 0 unspecified atom stereocenters. The summed E-state index contributed by atoms with van der Waals surface area (Å²) in [7, 11) is 0. The predicted octanol–water partition coefficient (Wildman–Crippen LogP) is 4.40. The molecule has 0 aliphatic carbocycles. The van der Waals surface area contributed by atoms with Gasteiger partial charge in [-0.25, -0.2) is 0 Å². The molecule has 0 atom stereocenters. The smallest absolute Gasteiger partial charge is 0.00238 e. The van der Waals surface area contributed by atoms with Gasteiger partial charge in [-0.1, -0.05) is 0 Å². The summed E-state index contributed by atoms with van der Waals surface area (Å²) < 4.78 is 0. The lowest BCUT2D eigenvalue weighted by molar-refractivity contribution is 1.50. The molecular weight excluding hydrogens is 337 g/mol. The van der Waals surface area contributed by atoms with E-state index in [4.69, 9.17) is 0 Å². The van der Waals surface area contributed by atoms with Crippen molar-refractivity contribution >= 4 is 70.6 Å². The number of hydrogen-bond donors (Lipinski definition) is 0. The summed E-state index contributed by atoms with van der Waals surface area (Å²) in [5, 5.41) is 0. The number of hydrogen-bond acceptors (Lipinski definition) is 6. The second-order valence-corrected chi connectivity index (χ2v) is 11.0. The SMILES string of the molecule is C1CSCCSCCS1.C1CSCCSCCS1. The van der Waals surface area contributed by atoms with Crippen molar-refractivity contribution in [3.05, 3.63) is 0 Å². The first kappa shape index (κ1) is 18.1. The molecule has 0 bridgehead atoms. The van der Waals surface area contributed by atoms with E-state index in [1.54, 1.807) is 0 Å². The topological polar surface area (TPSA) is 0 Å². The molecule has 0 amide bonds. The molecule has 0 aromatic rings. The fourth-order valence-corrected chi connectivity index (χ4v) is 8.20. The van der Waals surface area contributed by atoms with Gasteiger partial charge in [0.2, 0.25) is 0 Å². The van der Waals surface area contributed by atoms with E-state index in [0.717, 1.165) is 0 Å². The fraction of sp³-hybridized carbons (Fsp3) is 1.00. The van der Waals surface area contributed by atoms with Gasteiger partial charge in [0.15, 0.2) is 0 Å². The molecule has 2 saturated heterocycles. The minimum atomic E-state index is 1.37. The van der Waals surface area contributed by atoms with Gasteiger partial charge in [-0.05, 0) is 0 Å². The van der Waals surface area contributed by atoms with Crippen LogP contribution < -0.4 is 0 Å². The summed E-state index contributed by atoms with van der Waals surface area (Å²) in [6, 6.07) is 0. The first-order chi connectivity index (χ1) is 9.00. The summed E-state index contributed by atoms with van der Waals surface area (Å²) in [5.74, 6) is 16.4. The minimum Gasteiger partial charge on any atom is -0.160 e. The first-order valence-corrected chi connectivity index (χ1v) is 13.4. The molecule has 6 heteroatoms. The highest BCUT2D eigenvalue weighted by Gasteiger charge is 1.97. The summed E-state index contributed by atoms with van der Waals surface area (Å²) in [6.45, 7) is 0. The van der Waals surface area contributed by atoms with Gasteiger partial charge < -0.3 is 0 Å². The average molecular weight is 361 g/mol. The predicted molar refractivity (Wildman–Crippen MR) is 104 cm³/mol. The van der Waals surface area contributed by atoms with Gasteiger partial charge in [-0.15, -0.1) is 0 Å². The van der Waals surface area contributed by atoms with Crippen LogP contribution in [0, 0.1) is 0 Å². The molecule has 0 saturated carbocycles. The van der Waals surface area contributed by atoms with Crippen LogP contribution in [-0.4, -0.2) is 69.0 Å². The highest BCUT2D eigenvalue weighted by molar-refractivity contribution is 8.07. The van der Waals surface area contributed by atoms with Crippen LogP contribution in [-0.2, 0) is 0 Å². The van der Waals surface area contributed by atoms with Gasteiger partial charge in [-0.2, -0.15) is 70.6 Å². The zero-order chi connectivity index (χ0) is 12.7. The summed E-state index contributed by atoms with van der Waals surface area (Å²) in [6.07, 6.45) is 0. The monoisotopic (exact) mass is 360 g/mol. The van der Waals surface area contributed by atoms with Crippen molar-refractivity contribution in [3.8, 4) is 0 Å². The van der Waals surface area contributed by atoms with E-state index in [2.05, 4.69) is 70.6 Å². The molecule has 0 aromatic carbocycles. The van der Waals surface area contributed by atoms with Crippen LogP contribution in [0.4, 0.5) is 0 Å². The van der Waals surface area contributed by atoms with Crippen molar-refractivity contribution in [1.82, 2.24) is 0 Å². The molecule has 0 nitrogen and oxygen atoms in total. The minimum absolute atomic E-state index is 1.37. The van der Waals surface area contributed by atoms with Crippen molar-refractivity contribution in [2.45, 2.75) is 0 Å². The molecular formula is C12H24S6. The molecule has 2 fully saturated rings. The van der Waals surface area contributed by atoms with E-state index >= 15 is 0 Å². The Morgan fingerprint density at radius 3 is 0.444 bits per heavy atom. The van der Waals surface area contributed by atoms with Gasteiger partial charge in [0.1, 0.15) is 0 Å². The molecule has 0 radical (unpaired) electrons. The first-order valence-electron chi connectivity index (χ1n) is 6.46. The molecule has 2 rings (SSSR count). The van der Waals surface area contributed by atoms with E-state index in [9.17, 15) is 0 Å². The quantitative estimate of drug-likeness (QED) is 0.623. The molecule has 2 aliphatic rings. The van der Waals surface area contributed by atoms with Crippen LogP contribution >= 0.6 is 70.6 Å². The molecule has 0 aromatic heterocycles. The summed E-state index contributed by atoms with van der Waals surface area (Å²) in [5.41, 5.74) is 0. The third-order valence-electron chi connectivity index (χ3n) is 2.23. The van der Waals surface area contributed by atoms with Crippen molar-refractivity contribution in [3.63, 3.8) is 0 Å². The van der Waals surface area contributed by atoms with Crippen LogP contribution in [0.25, 0.3) is 0 Å². The Morgan fingerprint density at radius 2 is 0.333 bits per heavy atom. The molecule has 0 N–H and O–H groups in total. The van der Waals surface area contributed by atoms with Gasteiger partial charge >= 0.3 is 0 Å². The van der Waals surface area contributed by atoms with E-state index in [0.29, 0.717) is 0 Å². The van der Waals surface area contributed by atoms with Crippen molar-refractivity contribution < 1.29 is 0 Å². The Balaban J connectivity index is 0.000000180. The zero-order valence-electron chi connectivity index (χ0n) is 10.9. The van der Waals surface area contributed by atoms with Gasteiger partial charge in [0.25, 0.3) is 0 Å². The molecule has 18 heavy (non-hydrogen) atoms. The van der Waals surface area contributed by atoms with Crippen LogP contribution in [0.15, 0.2) is 0 Å². The Kier molecular flexibility index (Phi) is 15.6. The average Bonchev–Trinajstić information content (AvgIpc) is 2.65. The van der Waals surface area contributed by atoms with Gasteiger partial charge in [0.05, 0.1) is 0 Å².